The van der Waals surface area contributed by atoms with Gasteiger partial charge in [-0.1, -0.05) is 24.6 Å². The second-order valence-corrected chi connectivity index (χ2v) is 5.88. The van der Waals surface area contributed by atoms with Crippen LogP contribution >= 0.6 is 11.6 Å². The molecule has 1 heterocycles. The minimum absolute atomic E-state index is 0.256. The standard InChI is InChI=1S/C16H24ClNO3/c1-2-16-12(6-7-20-16)9-18-10-14(19)11-21-15-5-3-4-13(17)8-15/h3-5,8,12,14,16,18-19H,2,6-7,9-11H2,1H3. The van der Waals surface area contributed by atoms with Crippen LogP contribution in [0, 0.1) is 5.92 Å². The molecular formula is C16H24ClNO3. The molecule has 0 saturated carbocycles. The van der Waals surface area contributed by atoms with E-state index in [1.807, 2.05) is 12.1 Å². The normalized spacial score (nSPS) is 23.2. The summed E-state index contributed by atoms with van der Waals surface area (Å²) in [6.45, 7) is 4.66. The highest BCUT2D eigenvalue weighted by Gasteiger charge is 2.26. The van der Waals surface area contributed by atoms with Crippen LogP contribution in [0.25, 0.3) is 0 Å². The first-order chi connectivity index (χ1) is 10.2. The number of benzene rings is 1. The van der Waals surface area contributed by atoms with Crippen molar-refractivity contribution in [3.8, 4) is 5.75 Å². The Kier molecular flexibility index (Phi) is 6.77. The Morgan fingerprint density at radius 2 is 2.38 bits per heavy atom. The first-order valence-corrected chi connectivity index (χ1v) is 7.95. The maximum atomic E-state index is 9.93. The minimum Gasteiger partial charge on any atom is -0.491 e. The van der Waals surface area contributed by atoms with E-state index in [-0.39, 0.29) is 6.61 Å². The summed E-state index contributed by atoms with van der Waals surface area (Å²) in [6, 6.07) is 7.19. The minimum atomic E-state index is -0.536. The Morgan fingerprint density at radius 1 is 1.52 bits per heavy atom. The third-order valence-corrected chi connectivity index (χ3v) is 4.01. The van der Waals surface area contributed by atoms with E-state index in [1.54, 1.807) is 12.1 Å². The van der Waals surface area contributed by atoms with E-state index in [2.05, 4.69) is 12.2 Å². The molecular weight excluding hydrogens is 290 g/mol. The topological polar surface area (TPSA) is 50.7 Å². The van der Waals surface area contributed by atoms with E-state index in [1.165, 1.54) is 0 Å². The van der Waals surface area contributed by atoms with E-state index in [0.717, 1.165) is 26.0 Å². The van der Waals surface area contributed by atoms with Gasteiger partial charge in [0.25, 0.3) is 0 Å². The van der Waals surface area contributed by atoms with Gasteiger partial charge in [-0.15, -0.1) is 0 Å². The number of hydrogen-bond donors (Lipinski definition) is 2. The van der Waals surface area contributed by atoms with Crippen molar-refractivity contribution in [2.45, 2.75) is 32.0 Å². The Bertz CT molecular complexity index is 430. The molecule has 0 amide bonds. The molecule has 3 atom stereocenters. The molecule has 0 bridgehead atoms. The highest BCUT2D eigenvalue weighted by Crippen LogP contribution is 2.22. The average Bonchev–Trinajstić information content (AvgIpc) is 2.93. The van der Waals surface area contributed by atoms with Crippen molar-refractivity contribution >= 4 is 11.6 Å². The lowest BCUT2D eigenvalue weighted by molar-refractivity contribution is 0.0823. The number of ether oxygens (including phenoxy) is 2. The van der Waals surface area contributed by atoms with Gasteiger partial charge in [-0.05, 0) is 37.0 Å². The molecule has 4 nitrogen and oxygen atoms in total. The fourth-order valence-corrected chi connectivity index (χ4v) is 2.80. The van der Waals surface area contributed by atoms with Crippen LogP contribution in [0.1, 0.15) is 19.8 Å². The smallest absolute Gasteiger partial charge is 0.120 e. The fraction of sp³-hybridized carbons (Fsp3) is 0.625. The Morgan fingerprint density at radius 3 is 3.14 bits per heavy atom. The number of rotatable bonds is 8. The monoisotopic (exact) mass is 313 g/mol. The van der Waals surface area contributed by atoms with E-state index in [4.69, 9.17) is 21.1 Å². The lowest BCUT2D eigenvalue weighted by atomic mass is 10.00. The molecule has 0 radical (unpaired) electrons. The summed E-state index contributed by atoms with van der Waals surface area (Å²) in [5.74, 6) is 1.23. The molecule has 3 unspecified atom stereocenters. The molecule has 1 saturated heterocycles. The van der Waals surface area contributed by atoms with Gasteiger partial charge < -0.3 is 19.9 Å². The van der Waals surface area contributed by atoms with Crippen LogP contribution in [-0.4, -0.2) is 43.6 Å². The molecule has 2 N–H and O–H groups in total. The van der Waals surface area contributed by atoms with Crippen molar-refractivity contribution in [1.82, 2.24) is 5.32 Å². The van der Waals surface area contributed by atoms with Crippen LogP contribution < -0.4 is 10.1 Å². The van der Waals surface area contributed by atoms with Gasteiger partial charge in [0.1, 0.15) is 18.5 Å². The van der Waals surface area contributed by atoms with E-state index in [0.29, 0.717) is 29.3 Å². The first kappa shape index (κ1) is 16.6. The molecule has 1 aromatic rings. The predicted molar refractivity (Wildman–Crippen MR) is 84.0 cm³/mol. The third-order valence-electron chi connectivity index (χ3n) is 3.77. The molecule has 118 valence electrons. The van der Waals surface area contributed by atoms with Gasteiger partial charge in [0.05, 0.1) is 6.10 Å². The molecule has 0 spiro atoms. The largest absolute Gasteiger partial charge is 0.491 e. The van der Waals surface area contributed by atoms with Crippen LogP contribution in [0.2, 0.25) is 5.02 Å². The van der Waals surface area contributed by atoms with Gasteiger partial charge in [-0.3, -0.25) is 0 Å². The molecule has 5 heteroatoms. The molecule has 1 aliphatic rings. The molecule has 0 aliphatic carbocycles. The zero-order valence-electron chi connectivity index (χ0n) is 12.4. The Labute approximate surface area is 131 Å². The number of halogens is 1. The summed E-state index contributed by atoms with van der Waals surface area (Å²) >= 11 is 5.88. The quantitative estimate of drug-likeness (QED) is 0.774. The Hall–Kier alpha value is -0.810. The van der Waals surface area contributed by atoms with Crippen molar-refractivity contribution < 1.29 is 14.6 Å². The second kappa shape index (κ2) is 8.59. The molecule has 1 aliphatic heterocycles. The molecule has 21 heavy (non-hydrogen) atoms. The van der Waals surface area contributed by atoms with Crippen molar-refractivity contribution in [2.24, 2.45) is 5.92 Å². The summed E-state index contributed by atoms with van der Waals surface area (Å²) in [5.41, 5.74) is 0. The van der Waals surface area contributed by atoms with Crippen molar-refractivity contribution in [2.75, 3.05) is 26.3 Å². The lowest BCUT2D eigenvalue weighted by Crippen LogP contribution is -2.36. The van der Waals surface area contributed by atoms with Gasteiger partial charge in [-0.25, -0.2) is 0 Å². The maximum absolute atomic E-state index is 9.93. The average molecular weight is 314 g/mol. The molecule has 1 fully saturated rings. The van der Waals surface area contributed by atoms with Crippen LogP contribution in [0.4, 0.5) is 0 Å². The Balaban J connectivity index is 1.62. The summed E-state index contributed by atoms with van der Waals surface area (Å²) < 4.78 is 11.2. The van der Waals surface area contributed by atoms with Crippen molar-refractivity contribution in [3.05, 3.63) is 29.3 Å². The second-order valence-electron chi connectivity index (χ2n) is 5.45. The van der Waals surface area contributed by atoms with Crippen LogP contribution in [0.5, 0.6) is 5.75 Å². The fourth-order valence-electron chi connectivity index (χ4n) is 2.62. The van der Waals surface area contributed by atoms with Gasteiger partial charge >= 0.3 is 0 Å². The van der Waals surface area contributed by atoms with Crippen molar-refractivity contribution in [1.29, 1.82) is 0 Å². The first-order valence-electron chi connectivity index (χ1n) is 7.57. The van der Waals surface area contributed by atoms with E-state index < -0.39 is 6.10 Å². The number of aliphatic hydroxyl groups excluding tert-OH is 1. The van der Waals surface area contributed by atoms with Crippen LogP contribution in [0.3, 0.4) is 0 Å². The van der Waals surface area contributed by atoms with Crippen LogP contribution in [0.15, 0.2) is 24.3 Å². The summed E-state index contributed by atoms with van der Waals surface area (Å²) in [6.07, 6.45) is 1.97. The van der Waals surface area contributed by atoms with E-state index in [9.17, 15) is 5.11 Å². The summed E-state index contributed by atoms with van der Waals surface area (Å²) in [7, 11) is 0. The zero-order valence-corrected chi connectivity index (χ0v) is 13.2. The van der Waals surface area contributed by atoms with E-state index >= 15 is 0 Å². The van der Waals surface area contributed by atoms with Gasteiger partial charge in [0.2, 0.25) is 0 Å². The molecule has 2 rings (SSSR count). The number of hydrogen-bond acceptors (Lipinski definition) is 4. The SMILES string of the molecule is CCC1OCCC1CNCC(O)COc1cccc(Cl)c1. The zero-order chi connectivity index (χ0) is 15.1. The maximum Gasteiger partial charge on any atom is 0.120 e. The summed E-state index contributed by atoms with van der Waals surface area (Å²) in [4.78, 5) is 0. The number of nitrogens with one attached hydrogen (secondary N) is 1. The van der Waals surface area contributed by atoms with Crippen LogP contribution in [-0.2, 0) is 4.74 Å². The highest BCUT2D eigenvalue weighted by atomic mass is 35.5. The van der Waals surface area contributed by atoms with Crippen molar-refractivity contribution in [3.63, 3.8) is 0 Å². The lowest BCUT2D eigenvalue weighted by Gasteiger charge is -2.19. The van der Waals surface area contributed by atoms with Gasteiger partial charge in [0.15, 0.2) is 0 Å². The third kappa shape index (κ3) is 5.47. The highest BCUT2D eigenvalue weighted by molar-refractivity contribution is 6.30. The molecule has 1 aromatic carbocycles. The molecule has 0 aromatic heterocycles. The number of aliphatic hydroxyl groups is 1. The van der Waals surface area contributed by atoms with Gasteiger partial charge in [-0.2, -0.15) is 0 Å². The van der Waals surface area contributed by atoms with Gasteiger partial charge in [0, 0.05) is 24.7 Å². The predicted octanol–water partition coefficient (Wildman–Crippen LogP) is 2.48. The summed E-state index contributed by atoms with van der Waals surface area (Å²) in [5, 5.41) is 13.9.